The monoisotopic (exact) mass is 345 g/mol. The van der Waals surface area contributed by atoms with Crippen molar-refractivity contribution >= 4 is 17.7 Å². The van der Waals surface area contributed by atoms with Gasteiger partial charge in [0.05, 0.1) is 19.3 Å². The van der Waals surface area contributed by atoms with Gasteiger partial charge < -0.3 is 14.2 Å². The van der Waals surface area contributed by atoms with Gasteiger partial charge >= 0.3 is 5.97 Å². The van der Waals surface area contributed by atoms with Crippen LogP contribution in [0.2, 0.25) is 0 Å². The molecule has 2 aliphatic rings. The second-order valence-electron chi connectivity index (χ2n) is 6.09. The largest absolute Gasteiger partial charge is 0.476 e. The van der Waals surface area contributed by atoms with E-state index in [4.69, 9.17) is 14.2 Å². The average molecular weight is 345 g/mol. The van der Waals surface area contributed by atoms with E-state index in [0.29, 0.717) is 13.2 Å². The zero-order valence-corrected chi connectivity index (χ0v) is 14.8. The lowest BCUT2D eigenvalue weighted by atomic mass is 9.50. The van der Waals surface area contributed by atoms with Crippen molar-refractivity contribution in [2.45, 2.75) is 38.8 Å². The third kappa shape index (κ3) is 2.24. The topological polar surface area (TPSA) is 74.2 Å². The molecule has 0 saturated heterocycles. The molecule has 3 atom stereocenters. The summed E-state index contributed by atoms with van der Waals surface area (Å²) >= 11 is 0. The van der Waals surface area contributed by atoms with E-state index in [2.05, 4.69) is 4.99 Å². The molecule has 25 heavy (non-hydrogen) atoms. The zero-order valence-electron chi connectivity index (χ0n) is 14.8. The third-order valence-corrected chi connectivity index (χ3v) is 4.95. The van der Waals surface area contributed by atoms with Crippen LogP contribution in [0.25, 0.3) is 0 Å². The Morgan fingerprint density at radius 3 is 2.48 bits per heavy atom. The Kier molecular flexibility index (Phi) is 4.64. The number of nitrogens with zero attached hydrogens (tertiary/aromatic N) is 1. The van der Waals surface area contributed by atoms with Crippen LogP contribution in [0.3, 0.4) is 0 Å². The molecule has 1 aromatic carbocycles. The van der Waals surface area contributed by atoms with Crippen molar-refractivity contribution in [3.8, 4) is 0 Å². The molecule has 6 nitrogen and oxygen atoms in total. The number of ketones is 1. The number of carbonyl (C=O) groups excluding carboxylic acids is 2. The summed E-state index contributed by atoms with van der Waals surface area (Å²) in [6, 6.07) is 9.33. The van der Waals surface area contributed by atoms with Crippen LogP contribution >= 0.6 is 0 Å². The van der Waals surface area contributed by atoms with E-state index in [-0.39, 0.29) is 25.0 Å². The van der Waals surface area contributed by atoms with Gasteiger partial charge in [-0.1, -0.05) is 30.3 Å². The quantitative estimate of drug-likeness (QED) is 0.584. The summed E-state index contributed by atoms with van der Waals surface area (Å²) in [5, 5.41) is 0. The van der Waals surface area contributed by atoms with E-state index in [0.717, 1.165) is 5.56 Å². The molecule has 1 aliphatic heterocycles. The number of hydrogen-bond acceptors (Lipinski definition) is 6. The average Bonchev–Trinajstić information content (AvgIpc) is 2.80. The van der Waals surface area contributed by atoms with E-state index < -0.39 is 22.7 Å². The lowest BCUT2D eigenvalue weighted by Crippen LogP contribution is -2.69. The number of hydrogen-bond donors (Lipinski definition) is 0. The number of rotatable bonds is 6. The van der Waals surface area contributed by atoms with Crippen molar-refractivity contribution in [2.75, 3.05) is 19.8 Å². The summed E-state index contributed by atoms with van der Waals surface area (Å²) in [6.45, 7) is 6.35. The van der Waals surface area contributed by atoms with Crippen molar-refractivity contribution in [1.82, 2.24) is 0 Å². The molecular weight excluding hydrogens is 322 g/mol. The number of benzene rings is 1. The minimum Gasteiger partial charge on any atom is -0.476 e. The fourth-order valence-corrected chi connectivity index (χ4v) is 3.94. The molecule has 1 fully saturated rings. The molecule has 1 heterocycles. The van der Waals surface area contributed by atoms with Crippen LogP contribution in [-0.4, -0.2) is 43.6 Å². The normalized spacial score (nSPS) is 30.3. The van der Waals surface area contributed by atoms with Gasteiger partial charge in [0.25, 0.3) is 5.90 Å². The van der Waals surface area contributed by atoms with Gasteiger partial charge in [-0.05, 0) is 26.3 Å². The standard InChI is InChI=1S/C19H23NO5/c1-4-23-14-12-18(17(22)25-6-3)15(21)16(24-5-2)20-19(14,18)13-10-8-7-9-11-13/h7-11,14H,4-6,12H2,1-3H3/t14-,18-,19-/m1/s1. The van der Waals surface area contributed by atoms with E-state index in [9.17, 15) is 9.59 Å². The summed E-state index contributed by atoms with van der Waals surface area (Å²) in [5.41, 5.74) is -1.77. The number of fused-ring (bicyclic) bond motifs is 1. The zero-order chi connectivity index (χ0) is 18.1. The van der Waals surface area contributed by atoms with Gasteiger partial charge in [-0.2, -0.15) is 0 Å². The van der Waals surface area contributed by atoms with E-state index in [1.807, 2.05) is 37.3 Å². The minimum absolute atomic E-state index is 0.0124. The van der Waals surface area contributed by atoms with Gasteiger partial charge in [-0.15, -0.1) is 0 Å². The van der Waals surface area contributed by atoms with E-state index in [1.165, 1.54) is 0 Å². The summed E-state index contributed by atoms with van der Waals surface area (Å²) < 4.78 is 16.6. The first-order valence-electron chi connectivity index (χ1n) is 8.70. The van der Waals surface area contributed by atoms with Crippen LogP contribution in [0.1, 0.15) is 32.8 Å². The van der Waals surface area contributed by atoms with Crippen LogP contribution in [0.4, 0.5) is 0 Å². The molecule has 1 saturated carbocycles. The predicted molar refractivity (Wildman–Crippen MR) is 91.3 cm³/mol. The van der Waals surface area contributed by atoms with Gasteiger partial charge in [0, 0.05) is 13.0 Å². The Bertz CT molecular complexity index is 701. The fraction of sp³-hybridized carbons (Fsp3) is 0.526. The SMILES string of the molecule is CCOC(=O)[C@]12C[C@@H](OCC)[C@@]1(c1ccccc1)N=C(OCC)C2=O. The molecule has 0 unspecified atom stereocenters. The van der Waals surface area contributed by atoms with Crippen molar-refractivity contribution in [2.24, 2.45) is 10.4 Å². The van der Waals surface area contributed by atoms with Gasteiger partial charge in [-0.3, -0.25) is 9.59 Å². The molecule has 0 radical (unpaired) electrons. The smallest absolute Gasteiger partial charge is 0.323 e. The van der Waals surface area contributed by atoms with Gasteiger partial charge in [-0.25, -0.2) is 4.99 Å². The molecule has 0 aromatic heterocycles. The number of esters is 1. The second-order valence-corrected chi connectivity index (χ2v) is 6.09. The lowest BCUT2D eigenvalue weighted by molar-refractivity contribution is -0.195. The molecular formula is C19H23NO5. The highest BCUT2D eigenvalue weighted by Crippen LogP contribution is 2.64. The van der Waals surface area contributed by atoms with Crippen molar-refractivity contribution < 1.29 is 23.8 Å². The van der Waals surface area contributed by atoms with Crippen LogP contribution in [0, 0.1) is 5.41 Å². The van der Waals surface area contributed by atoms with E-state index in [1.54, 1.807) is 13.8 Å². The first-order chi connectivity index (χ1) is 12.1. The molecule has 1 aromatic rings. The molecule has 3 rings (SSSR count). The lowest BCUT2D eigenvalue weighted by Gasteiger charge is -2.55. The summed E-state index contributed by atoms with van der Waals surface area (Å²) in [4.78, 5) is 30.6. The second kappa shape index (κ2) is 6.59. The summed E-state index contributed by atoms with van der Waals surface area (Å²) in [6.07, 6.45) is -0.140. The minimum atomic E-state index is -1.41. The van der Waals surface area contributed by atoms with Gasteiger partial charge in [0.15, 0.2) is 5.41 Å². The number of carbonyl (C=O) groups is 2. The Hall–Kier alpha value is -2.21. The first-order valence-corrected chi connectivity index (χ1v) is 8.70. The van der Waals surface area contributed by atoms with Crippen LogP contribution in [0.15, 0.2) is 35.3 Å². The van der Waals surface area contributed by atoms with E-state index >= 15 is 0 Å². The summed E-state index contributed by atoms with van der Waals surface area (Å²) in [7, 11) is 0. The summed E-state index contributed by atoms with van der Waals surface area (Å²) in [5.74, 6) is -0.979. The maximum Gasteiger partial charge on any atom is 0.323 e. The Morgan fingerprint density at radius 2 is 1.88 bits per heavy atom. The van der Waals surface area contributed by atoms with Crippen molar-refractivity contribution in [1.29, 1.82) is 0 Å². The Labute approximate surface area is 147 Å². The molecule has 0 bridgehead atoms. The van der Waals surface area contributed by atoms with Crippen LogP contribution in [-0.2, 0) is 29.3 Å². The van der Waals surface area contributed by atoms with Crippen molar-refractivity contribution in [3.05, 3.63) is 35.9 Å². The number of Topliss-reactive ketones (excluding diaryl/α,β-unsaturated/α-hetero) is 1. The first kappa shape index (κ1) is 17.6. The maximum atomic E-state index is 13.1. The highest BCUT2D eigenvalue weighted by atomic mass is 16.5. The molecule has 0 amide bonds. The van der Waals surface area contributed by atoms with Gasteiger partial charge in [0.1, 0.15) is 5.54 Å². The Balaban J connectivity index is 2.19. The molecule has 6 heteroatoms. The fourth-order valence-electron chi connectivity index (χ4n) is 3.94. The highest BCUT2D eigenvalue weighted by molar-refractivity contribution is 6.45. The number of ether oxygens (including phenoxy) is 3. The highest BCUT2D eigenvalue weighted by Gasteiger charge is 2.80. The van der Waals surface area contributed by atoms with Gasteiger partial charge in [0.2, 0.25) is 5.78 Å². The molecule has 0 N–H and O–H groups in total. The van der Waals surface area contributed by atoms with Crippen LogP contribution in [0.5, 0.6) is 0 Å². The molecule has 0 spiro atoms. The predicted octanol–water partition coefficient (Wildman–Crippen LogP) is 2.26. The Morgan fingerprint density at radius 1 is 1.16 bits per heavy atom. The maximum absolute atomic E-state index is 13.1. The molecule has 134 valence electrons. The number of aliphatic imine (C=N–C) groups is 1. The van der Waals surface area contributed by atoms with Crippen LogP contribution < -0.4 is 0 Å². The van der Waals surface area contributed by atoms with Crippen molar-refractivity contribution in [3.63, 3.8) is 0 Å². The molecule has 1 aliphatic carbocycles. The third-order valence-electron chi connectivity index (χ3n) is 4.95.